The molecule has 1 aromatic heterocycles. The quantitative estimate of drug-likeness (QED) is 0.517. The van der Waals surface area contributed by atoms with Crippen LogP contribution in [-0.2, 0) is 9.47 Å². The normalized spacial score (nSPS) is 25.4. The number of rotatable bonds is 8. The topological polar surface area (TPSA) is 68.7 Å². The highest BCUT2D eigenvalue weighted by molar-refractivity contribution is 5.59. The molecule has 192 valence electrons. The van der Waals surface area contributed by atoms with Gasteiger partial charge in [0.15, 0.2) is 0 Å². The van der Waals surface area contributed by atoms with E-state index in [4.69, 9.17) is 14.2 Å². The zero-order valence-electron chi connectivity index (χ0n) is 20.3. The molecule has 7 nitrogen and oxygen atoms in total. The van der Waals surface area contributed by atoms with Gasteiger partial charge in [0, 0.05) is 31.4 Å². The Morgan fingerprint density at radius 1 is 1.09 bits per heavy atom. The molecular weight excluding hydrogens is 461 g/mol. The van der Waals surface area contributed by atoms with Crippen molar-refractivity contribution in [1.82, 2.24) is 9.97 Å². The molecule has 0 radical (unpaired) electrons. The van der Waals surface area contributed by atoms with Crippen LogP contribution >= 0.6 is 0 Å². The minimum atomic E-state index is -3.12. The highest BCUT2D eigenvalue weighted by atomic mass is 19.3. The number of aromatic nitrogens is 2. The van der Waals surface area contributed by atoms with Crippen LogP contribution in [0.1, 0.15) is 46.5 Å². The summed E-state index contributed by atoms with van der Waals surface area (Å²) in [6.07, 6.45) is 0.227. The summed E-state index contributed by atoms with van der Waals surface area (Å²) >= 11 is 0. The van der Waals surface area contributed by atoms with Crippen molar-refractivity contribution in [3.05, 3.63) is 36.3 Å². The van der Waals surface area contributed by atoms with Gasteiger partial charge in [-0.25, -0.2) is 4.98 Å². The third-order valence-corrected chi connectivity index (χ3v) is 6.24. The molecule has 0 unspecified atom stereocenters. The number of halogens is 3. The molecule has 2 heterocycles. The molecule has 2 aliphatic rings. The number of morpholine rings is 1. The Morgan fingerprint density at radius 3 is 2.37 bits per heavy atom. The van der Waals surface area contributed by atoms with Crippen molar-refractivity contribution in [3.8, 4) is 5.88 Å². The predicted molar refractivity (Wildman–Crippen MR) is 127 cm³/mol. The fourth-order valence-electron chi connectivity index (χ4n) is 4.69. The zero-order chi connectivity index (χ0) is 25.0. The van der Waals surface area contributed by atoms with E-state index in [-0.39, 0.29) is 36.6 Å². The van der Waals surface area contributed by atoms with Gasteiger partial charge in [0.1, 0.15) is 0 Å². The van der Waals surface area contributed by atoms with Crippen LogP contribution in [0.25, 0.3) is 0 Å². The standard InChI is InChI=1S/C25H33F3N4O3/c1-16-13-32(14-17(2)34-16)20-8-6-19(7-9-20)30-24-29-12-22(26)23(31-24)33-15-18-4-10-21(11-5-18)35-25(3,27)28/h6-9,12,16-18,21H,4-5,10-11,13-15H2,1-3H3,(H,29,30,31)/t16-,17+,18?,21?. The first-order valence-corrected chi connectivity index (χ1v) is 12.1. The van der Waals surface area contributed by atoms with Crippen molar-refractivity contribution in [3.63, 3.8) is 0 Å². The fourth-order valence-corrected chi connectivity index (χ4v) is 4.69. The van der Waals surface area contributed by atoms with E-state index in [9.17, 15) is 13.2 Å². The van der Waals surface area contributed by atoms with Gasteiger partial charge in [-0.2, -0.15) is 18.2 Å². The van der Waals surface area contributed by atoms with E-state index in [2.05, 4.69) is 34.0 Å². The van der Waals surface area contributed by atoms with Crippen molar-refractivity contribution >= 4 is 17.3 Å². The fraction of sp³-hybridized carbons (Fsp3) is 0.600. The van der Waals surface area contributed by atoms with Crippen LogP contribution in [0.5, 0.6) is 5.88 Å². The second-order valence-electron chi connectivity index (χ2n) is 9.56. The molecule has 4 rings (SSSR count). The van der Waals surface area contributed by atoms with E-state index in [1.54, 1.807) is 0 Å². The molecule has 1 saturated heterocycles. The summed E-state index contributed by atoms with van der Waals surface area (Å²) in [5.74, 6) is -0.424. The Morgan fingerprint density at radius 2 is 1.74 bits per heavy atom. The number of ether oxygens (including phenoxy) is 3. The summed E-state index contributed by atoms with van der Waals surface area (Å²) < 4.78 is 56.5. The molecule has 1 saturated carbocycles. The monoisotopic (exact) mass is 494 g/mol. The lowest BCUT2D eigenvalue weighted by atomic mass is 9.88. The summed E-state index contributed by atoms with van der Waals surface area (Å²) in [6, 6.07) is 7.88. The number of nitrogens with zero attached hydrogens (tertiary/aromatic N) is 3. The van der Waals surface area contributed by atoms with E-state index in [0.29, 0.717) is 25.7 Å². The molecule has 0 spiro atoms. The third-order valence-electron chi connectivity index (χ3n) is 6.24. The second-order valence-corrected chi connectivity index (χ2v) is 9.56. The van der Waals surface area contributed by atoms with Crippen LogP contribution in [-0.4, -0.2) is 54.1 Å². The van der Waals surface area contributed by atoms with Gasteiger partial charge >= 0.3 is 6.11 Å². The molecule has 10 heteroatoms. The van der Waals surface area contributed by atoms with Gasteiger partial charge in [-0.1, -0.05) is 0 Å². The van der Waals surface area contributed by atoms with E-state index in [1.165, 1.54) is 0 Å². The number of alkyl halides is 2. The van der Waals surface area contributed by atoms with Crippen LogP contribution in [0.3, 0.4) is 0 Å². The SMILES string of the molecule is C[C@@H]1CN(c2ccc(Nc3ncc(F)c(OCC4CCC(OC(C)(F)F)CC4)n3)cc2)C[C@H](C)O1. The Bertz CT molecular complexity index is 955. The summed E-state index contributed by atoms with van der Waals surface area (Å²) in [7, 11) is 0. The summed E-state index contributed by atoms with van der Waals surface area (Å²) in [6.45, 7) is 6.81. The van der Waals surface area contributed by atoms with Crippen LogP contribution in [0.4, 0.5) is 30.5 Å². The van der Waals surface area contributed by atoms with E-state index in [1.807, 2.05) is 24.3 Å². The average molecular weight is 495 g/mol. The molecule has 1 aromatic carbocycles. The van der Waals surface area contributed by atoms with Crippen LogP contribution in [0.15, 0.2) is 30.5 Å². The van der Waals surface area contributed by atoms with Crippen molar-refractivity contribution < 1.29 is 27.4 Å². The molecule has 1 aliphatic heterocycles. The van der Waals surface area contributed by atoms with E-state index in [0.717, 1.165) is 37.6 Å². The van der Waals surface area contributed by atoms with Gasteiger partial charge in [0.25, 0.3) is 5.88 Å². The molecule has 1 N–H and O–H groups in total. The van der Waals surface area contributed by atoms with E-state index < -0.39 is 18.0 Å². The molecule has 2 aromatic rings. The molecule has 0 amide bonds. The Balaban J connectivity index is 1.30. The number of anilines is 3. The van der Waals surface area contributed by atoms with Gasteiger partial charge in [-0.3, -0.25) is 0 Å². The number of hydrogen-bond acceptors (Lipinski definition) is 7. The van der Waals surface area contributed by atoms with Gasteiger partial charge < -0.3 is 24.4 Å². The number of hydrogen-bond donors (Lipinski definition) is 1. The van der Waals surface area contributed by atoms with Crippen LogP contribution in [0.2, 0.25) is 0 Å². The smallest absolute Gasteiger partial charge is 0.353 e. The lowest BCUT2D eigenvalue weighted by Gasteiger charge is -2.36. The maximum Gasteiger partial charge on any atom is 0.353 e. The Hall–Kier alpha value is -2.59. The molecular formula is C25H33F3N4O3. The summed E-state index contributed by atoms with van der Waals surface area (Å²) in [4.78, 5) is 10.5. The largest absolute Gasteiger partial charge is 0.475 e. The first-order chi connectivity index (χ1) is 16.6. The van der Waals surface area contributed by atoms with Gasteiger partial charge in [-0.05, 0) is 69.7 Å². The second kappa shape index (κ2) is 11.0. The first-order valence-electron chi connectivity index (χ1n) is 12.1. The minimum Gasteiger partial charge on any atom is -0.475 e. The lowest BCUT2D eigenvalue weighted by Crippen LogP contribution is -2.45. The number of nitrogens with one attached hydrogen (secondary N) is 1. The van der Waals surface area contributed by atoms with Crippen molar-refractivity contribution in [2.45, 2.75) is 70.9 Å². The average Bonchev–Trinajstić information content (AvgIpc) is 2.79. The number of benzene rings is 1. The lowest BCUT2D eigenvalue weighted by molar-refractivity contribution is -0.255. The molecule has 2 atom stereocenters. The highest BCUT2D eigenvalue weighted by Crippen LogP contribution is 2.31. The maximum atomic E-state index is 14.2. The Labute approximate surface area is 204 Å². The van der Waals surface area contributed by atoms with Gasteiger partial charge in [0.2, 0.25) is 11.8 Å². The van der Waals surface area contributed by atoms with Gasteiger partial charge in [0.05, 0.1) is 31.1 Å². The van der Waals surface area contributed by atoms with E-state index >= 15 is 0 Å². The zero-order valence-corrected chi connectivity index (χ0v) is 20.3. The first kappa shape index (κ1) is 25.5. The summed E-state index contributed by atoms with van der Waals surface area (Å²) in [5, 5.41) is 3.09. The molecule has 35 heavy (non-hydrogen) atoms. The Kier molecular flexibility index (Phi) is 8.01. The van der Waals surface area contributed by atoms with Crippen LogP contribution < -0.4 is 15.0 Å². The molecule has 0 bridgehead atoms. The minimum absolute atomic E-state index is 0.129. The third kappa shape index (κ3) is 7.44. The van der Waals surface area contributed by atoms with Crippen molar-refractivity contribution in [1.29, 1.82) is 0 Å². The van der Waals surface area contributed by atoms with Crippen molar-refractivity contribution in [2.24, 2.45) is 5.92 Å². The van der Waals surface area contributed by atoms with Crippen LogP contribution in [0, 0.1) is 11.7 Å². The predicted octanol–water partition coefficient (Wildman–Crippen LogP) is 5.54. The highest BCUT2D eigenvalue weighted by Gasteiger charge is 2.31. The summed E-state index contributed by atoms with van der Waals surface area (Å²) in [5.41, 5.74) is 1.87. The molecule has 2 fully saturated rings. The maximum absolute atomic E-state index is 14.2. The molecule has 1 aliphatic carbocycles. The van der Waals surface area contributed by atoms with Crippen molar-refractivity contribution in [2.75, 3.05) is 29.9 Å². The van der Waals surface area contributed by atoms with Gasteiger partial charge in [-0.15, -0.1) is 0 Å².